The Morgan fingerprint density at radius 1 is 1.00 bits per heavy atom. The predicted octanol–water partition coefficient (Wildman–Crippen LogP) is 4.02. The topological polar surface area (TPSA) is 23.8 Å². The highest BCUT2D eigenvalue weighted by molar-refractivity contribution is 5.35. The summed E-state index contributed by atoms with van der Waals surface area (Å²) in [7, 11) is 0. The summed E-state index contributed by atoms with van der Waals surface area (Å²) in [4.78, 5) is 0. The van der Waals surface area contributed by atoms with Crippen molar-refractivity contribution in [1.29, 1.82) is 5.26 Å². The lowest BCUT2D eigenvalue weighted by Gasteiger charge is -2.22. The van der Waals surface area contributed by atoms with Crippen LogP contribution in [0.15, 0.2) is 54.6 Å². The van der Waals surface area contributed by atoms with E-state index in [0.717, 1.165) is 12.0 Å². The third-order valence-electron chi connectivity index (χ3n) is 3.34. The smallest absolute Gasteiger partial charge is 0.0834 e. The molecular formula is C17H17N. The van der Waals surface area contributed by atoms with Gasteiger partial charge >= 0.3 is 0 Å². The van der Waals surface area contributed by atoms with Gasteiger partial charge in [0.1, 0.15) is 0 Å². The summed E-state index contributed by atoms with van der Waals surface area (Å²) in [6.45, 7) is 4.08. The molecule has 0 aliphatic heterocycles. The van der Waals surface area contributed by atoms with Gasteiger partial charge in [-0.25, -0.2) is 0 Å². The van der Waals surface area contributed by atoms with Crippen LogP contribution in [-0.4, -0.2) is 0 Å². The molecule has 18 heavy (non-hydrogen) atoms. The van der Waals surface area contributed by atoms with Gasteiger partial charge in [-0.3, -0.25) is 0 Å². The average Bonchev–Trinajstić information content (AvgIpc) is 2.42. The zero-order valence-electron chi connectivity index (χ0n) is 10.9. The first kappa shape index (κ1) is 12.4. The van der Waals surface area contributed by atoms with Crippen molar-refractivity contribution < 1.29 is 0 Å². The van der Waals surface area contributed by atoms with Crippen LogP contribution in [0.4, 0.5) is 0 Å². The summed E-state index contributed by atoms with van der Waals surface area (Å²) in [5.41, 5.74) is 3.06. The maximum absolute atomic E-state index is 9.50. The molecule has 1 nitrogen and oxygen atoms in total. The van der Waals surface area contributed by atoms with E-state index in [1.54, 1.807) is 0 Å². The molecule has 0 aliphatic carbocycles. The summed E-state index contributed by atoms with van der Waals surface area (Å²) in [5.74, 6) is 0. The number of hydrogen-bond donors (Lipinski definition) is 0. The van der Waals surface area contributed by atoms with Gasteiger partial charge in [-0.1, -0.05) is 60.2 Å². The van der Waals surface area contributed by atoms with Gasteiger partial charge in [0.2, 0.25) is 0 Å². The Kier molecular flexibility index (Phi) is 3.48. The molecule has 1 heteroatoms. The van der Waals surface area contributed by atoms with Gasteiger partial charge in [0.05, 0.1) is 11.5 Å². The van der Waals surface area contributed by atoms with Crippen molar-refractivity contribution in [2.75, 3.05) is 0 Å². The Bertz CT molecular complexity index is 548. The summed E-state index contributed by atoms with van der Waals surface area (Å²) >= 11 is 0. The van der Waals surface area contributed by atoms with E-state index < -0.39 is 5.41 Å². The maximum atomic E-state index is 9.50. The fourth-order valence-corrected chi connectivity index (χ4v) is 2.13. The number of rotatable bonds is 3. The van der Waals surface area contributed by atoms with Gasteiger partial charge in [0.15, 0.2) is 0 Å². The van der Waals surface area contributed by atoms with E-state index in [9.17, 15) is 5.26 Å². The highest BCUT2D eigenvalue weighted by Crippen LogP contribution is 2.27. The molecule has 0 amide bonds. The second-order valence-electron chi connectivity index (χ2n) is 4.97. The second-order valence-corrected chi connectivity index (χ2v) is 4.97. The monoisotopic (exact) mass is 235 g/mol. The fraction of sp³-hybridized carbons (Fsp3) is 0.235. The molecule has 1 atom stereocenters. The molecule has 0 saturated heterocycles. The van der Waals surface area contributed by atoms with E-state index in [4.69, 9.17) is 0 Å². The average molecular weight is 235 g/mol. The lowest BCUT2D eigenvalue weighted by Crippen LogP contribution is -2.22. The number of hydrogen-bond acceptors (Lipinski definition) is 1. The van der Waals surface area contributed by atoms with E-state index in [0.29, 0.717) is 0 Å². The minimum Gasteiger partial charge on any atom is -0.197 e. The Morgan fingerprint density at radius 3 is 2.17 bits per heavy atom. The zero-order chi connectivity index (χ0) is 13.0. The third-order valence-corrected chi connectivity index (χ3v) is 3.34. The molecule has 90 valence electrons. The summed E-state index contributed by atoms with van der Waals surface area (Å²) < 4.78 is 0. The minimum atomic E-state index is -0.462. The third kappa shape index (κ3) is 2.60. The molecule has 0 N–H and O–H groups in total. The Labute approximate surface area is 109 Å². The molecule has 0 spiro atoms. The molecule has 0 fully saturated rings. The van der Waals surface area contributed by atoms with Crippen molar-refractivity contribution in [2.24, 2.45) is 0 Å². The van der Waals surface area contributed by atoms with Crippen LogP contribution in [0.5, 0.6) is 0 Å². The zero-order valence-corrected chi connectivity index (χ0v) is 10.9. The summed E-state index contributed by atoms with van der Waals surface area (Å²) in [6.07, 6.45) is 0.744. The van der Waals surface area contributed by atoms with E-state index in [1.165, 1.54) is 11.1 Å². The first-order valence-corrected chi connectivity index (χ1v) is 6.16. The molecule has 0 radical (unpaired) electrons. The van der Waals surface area contributed by atoms with Crippen LogP contribution in [0.3, 0.4) is 0 Å². The predicted molar refractivity (Wildman–Crippen MR) is 74.3 cm³/mol. The standard InChI is InChI=1S/C17H17N/c1-14-8-10-15(11-9-14)12-17(2,13-18)16-6-4-3-5-7-16/h3-11H,12H2,1-2H3. The molecule has 0 bridgehead atoms. The van der Waals surface area contributed by atoms with E-state index in [-0.39, 0.29) is 0 Å². The van der Waals surface area contributed by atoms with Crippen LogP contribution in [0, 0.1) is 18.3 Å². The number of nitriles is 1. The Hall–Kier alpha value is -2.07. The number of benzene rings is 2. The lowest BCUT2D eigenvalue weighted by molar-refractivity contribution is 0.606. The van der Waals surface area contributed by atoms with Crippen LogP contribution in [0.25, 0.3) is 0 Å². The van der Waals surface area contributed by atoms with Crippen LogP contribution in [-0.2, 0) is 11.8 Å². The first-order chi connectivity index (χ1) is 8.64. The Balaban J connectivity index is 2.30. The van der Waals surface area contributed by atoms with Crippen LogP contribution in [0.1, 0.15) is 23.6 Å². The fourth-order valence-electron chi connectivity index (χ4n) is 2.13. The normalized spacial score (nSPS) is 13.6. The van der Waals surface area contributed by atoms with Gasteiger partial charge in [0.25, 0.3) is 0 Å². The van der Waals surface area contributed by atoms with Gasteiger partial charge in [-0.15, -0.1) is 0 Å². The van der Waals surface area contributed by atoms with Crippen LogP contribution >= 0.6 is 0 Å². The largest absolute Gasteiger partial charge is 0.197 e. The Morgan fingerprint density at radius 2 is 1.61 bits per heavy atom. The quantitative estimate of drug-likeness (QED) is 0.788. The minimum absolute atomic E-state index is 0.462. The van der Waals surface area contributed by atoms with Crippen molar-refractivity contribution >= 4 is 0 Å². The van der Waals surface area contributed by atoms with E-state index in [2.05, 4.69) is 37.3 Å². The molecule has 2 rings (SSSR count). The number of aryl methyl sites for hydroxylation is 1. The van der Waals surface area contributed by atoms with Gasteiger partial charge in [-0.2, -0.15) is 5.26 Å². The molecule has 0 heterocycles. The van der Waals surface area contributed by atoms with Gasteiger partial charge < -0.3 is 0 Å². The number of nitrogens with zero attached hydrogens (tertiary/aromatic N) is 1. The van der Waals surface area contributed by atoms with Crippen molar-refractivity contribution in [3.05, 3.63) is 71.3 Å². The highest BCUT2D eigenvalue weighted by atomic mass is 14.4. The highest BCUT2D eigenvalue weighted by Gasteiger charge is 2.26. The molecular weight excluding hydrogens is 218 g/mol. The van der Waals surface area contributed by atoms with Gasteiger partial charge in [-0.05, 0) is 31.4 Å². The lowest BCUT2D eigenvalue weighted by atomic mass is 9.78. The van der Waals surface area contributed by atoms with E-state index in [1.807, 2.05) is 37.3 Å². The van der Waals surface area contributed by atoms with Crippen LogP contribution in [0.2, 0.25) is 0 Å². The van der Waals surface area contributed by atoms with Crippen molar-refractivity contribution in [3.8, 4) is 6.07 Å². The first-order valence-electron chi connectivity index (χ1n) is 6.16. The molecule has 2 aromatic rings. The van der Waals surface area contributed by atoms with E-state index >= 15 is 0 Å². The van der Waals surface area contributed by atoms with Crippen LogP contribution < -0.4 is 0 Å². The summed E-state index contributed by atoms with van der Waals surface area (Å²) in [6, 6.07) is 20.9. The SMILES string of the molecule is Cc1ccc(CC(C)(C#N)c2ccccc2)cc1. The molecule has 1 unspecified atom stereocenters. The molecule has 0 saturated carbocycles. The maximum Gasteiger partial charge on any atom is 0.0834 e. The van der Waals surface area contributed by atoms with Gasteiger partial charge in [0, 0.05) is 0 Å². The van der Waals surface area contributed by atoms with Crippen molar-refractivity contribution in [1.82, 2.24) is 0 Å². The summed E-state index contributed by atoms with van der Waals surface area (Å²) in [5, 5.41) is 9.50. The molecule has 0 aromatic heterocycles. The second kappa shape index (κ2) is 5.06. The molecule has 2 aromatic carbocycles. The van der Waals surface area contributed by atoms with Crippen molar-refractivity contribution in [3.63, 3.8) is 0 Å². The van der Waals surface area contributed by atoms with Crippen molar-refractivity contribution in [2.45, 2.75) is 25.7 Å². The molecule has 0 aliphatic rings.